The zero-order valence-corrected chi connectivity index (χ0v) is 12.3. The van der Waals surface area contributed by atoms with Gasteiger partial charge in [0.05, 0.1) is 17.6 Å². The van der Waals surface area contributed by atoms with Crippen LogP contribution in [0.3, 0.4) is 0 Å². The summed E-state index contributed by atoms with van der Waals surface area (Å²) in [5.74, 6) is 0. The van der Waals surface area contributed by atoms with E-state index < -0.39 is 10.0 Å². The minimum atomic E-state index is -3.49. The zero-order chi connectivity index (χ0) is 14.2. The number of rotatable bonds is 2. The number of nitrogens with two attached hydrogens (primary N) is 1. The highest BCUT2D eigenvalue weighted by Gasteiger charge is 2.34. The monoisotopic (exact) mass is 284 g/mol. The van der Waals surface area contributed by atoms with E-state index >= 15 is 0 Å². The molecule has 1 aliphatic rings. The topological polar surface area (TPSA) is 72.6 Å². The summed E-state index contributed by atoms with van der Waals surface area (Å²) < 4.78 is 32.4. The Labute approximate surface area is 114 Å². The Kier molecular flexibility index (Phi) is 3.85. The van der Waals surface area contributed by atoms with Crippen molar-refractivity contribution in [3.63, 3.8) is 0 Å². The molecule has 1 heterocycles. The van der Waals surface area contributed by atoms with Crippen LogP contribution in [0.5, 0.6) is 0 Å². The van der Waals surface area contributed by atoms with Crippen molar-refractivity contribution >= 4 is 15.7 Å². The maximum absolute atomic E-state index is 12.7. The zero-order valence-electron chi connectivity index (χ0n) is 11.5. The van der Waals surface area contributed by atoms with Gasteiger partial charge in [-0.3, -0.25) is 0 Å². The first-order valence-corrected chi connectivity index (χ1v) is 7.76. The predicted molar refractivity (Wildman–Crippen MR) is 74.4 cm³/mol. The van der Waals surface area contributed by atoms with Gasteiger partial charge in [-0.15, -0.1) is 0 Å². The summed E-state index contributed by atoms with van der Waals surface area (Å²) in [5.41, 5.74) is 6.91. The summed E-state index contributed by atoms with van der Waals surface area (Å²) in [6, 6.07) is 4.72. The molecule has 2 rings (SSSR count). The van der Waals surface area contributed by atoms with Gasteiger partial charge < -0.3 is 10.5 Å². The van der Waals surface area contributed by atoms with Crippen molar-refractivity contribution in [1.82, 2.24) is 4.31 Å². The molecule has 0 saturated carbocycles. The third-order valence-electron chi connectivity index (χ3n) is 3.34. The number of aryl methyl sites for hydroxylation is 1. The smallest absolute Gasteiger partial charge is 0.243 e. The fourth-order valence-electron chi connectivity index (χ4n) is 2.30. The molecule has 19 heavy (non-hydrogen) atoms. The molecule has 0 aromatic heterocycles. The second-order valence-electron chi connectivity index (χ2n) is 5.09. The lowest BCUT2D eigenvalue weighted by atomic mass is 10.2. The van der Waals surface area contributed by atoms with Gasteiger partial charge in [0.2, 0.25) is 10.0 Å². The van der Waals surface area contributed by atoms with Crippen LogP contribution in [-0.4, -0.2) is 38.0 Å². The minimum Gasteiger partial charge on any atom is -0.399 e. The standard InChI is InChI=1S/C13H20N2O3S/c1-9-6-12(14)4-5-13(9)19(16,17)15-7-11(3)18-8-10(15)2/h4-6,10-11H,7-8,14H2,1-3H3. The Balaban J connectivity index is 2.41. The Morgan fingerprint density at radius 3 is 2.68 bits per heavy atom. The lowest BCUT2D eigenvalue weighted by Crippen LogP contribution is -2.50. The predicted octanol–water partition coefficient (Wildman–Crippen LogP) is 1.38. The number of hydrogen-bond acceptors (Lipinski definition) is 4. The van der Waals surface area contributed by atoms with Gasteiger partial charge in [0, 0.05) is 18.3 Å². The van der Waals surface area contributed by atoms with Crippen LogP contribution in [0.1, 0.15) is 19.4 Å². The van der Waals surface area contributed by atoms with Crippen molar-refractivity contribution in [3.05, 3.63) is 23.8 Å². The van der Waals surface area contributed by atoms with E-state index in [4.69, 9.17) is 10.5 Å². The molecule has 2 N–H and O–H groups in total. The molecule has 5 nitrogen and oxygen atoms in total. The van der Waals surface area contributed by atoms with Crippen LogP contribution in [0, 0.1) is 6.92 Å². The van der Waals surface area contributed by atoms with Crippen LogP contribution < -0.4 is 5.73 Å². The van der Waals surface area contributed by atoms with Crippen molar-refractivity contribution in [3.8, 4) is 0 Å². The van der Waals surface area contributed by atoms with Crippen LogP contribution in [0.25, 0.3) is 0 Å². The molecule has 6 heteroatoms. The lowest BCUT2D eigenvalue weighted by Gasteiger charge is -2.36. The maximum Gasteiger partial charge on any atom is 0.243 e. The number of hydrogen-bond donors (Lipinski definition) is 1. The molecular weight excluding hydrogens is 264 g/mol. The number of nitrogen functional groups attached to an aromatic ring is 1. The number of sulfonamides is 1. The molecule has 0 aliphatic carbocycles. The quantitative estimate of drug-likeness (QED) is 0.833. The summed E-state index contributed by atoms with van der Waals surface area (Å²) in [5, 5.41) is 0. The number of benzene rings is 1. The van der Waals surface area contributed by atoms with Gasteiger partial charge in [0.15, 0.2) is 0 Å². The molecule has 0 bridgehead atoms. The summed E-state index contributed by atoms with van der Waals surface area (Å²) in [4.78, 5) is 0.322. The molecule has 1 aromatic rings. The van der Waals surface area contributed by atoms with Gasteiger partial charge in [0.25, 0.3) is 0 Å². The number of morpholine rings is 1. The van der Waals surface area contributed by atoms with Crippen LogP contribution >= 0.6 is 0 Å². The van der Waals surface area contributed by atoms with E-state index in [0.29, 0.717) is 29.3 Å². The Bertz CT molecular complexity index is 571. The first kappa shape index (κ1) is 14.3. The molecule has 1 fully saturated rings. The Morgan fingerprint density at radius 2 is 2.05 bits per heavy atom. The molecule has 0 amide bonds. The SMILES string of the molecule is Cc1cc(N)ccc1S(=O)(=O)N1CC(C)OCC1C. The number of ether oxygens (including phenoxy) is 1. The lowest BCUT2D eigenvalue weighted by molar-refractivity contribution is -0.0170. The second-order valence-corrected chi connectivity index (χ2v) is 6.95. The fourth-order valence-corrected chi connectivity index (χ4v) is 4.20. The van der Waals surface area contributed by atoms with Gasteiger partial charge in [0.1, 0.15) is 0 Å². The molecule has 2 atom stereocenters. The highest BCUT2D eigenvalue weighted by molar-refractivity contribution is 7.89. The van der Waals surface area contributed by atoms with Gasteiger partial charge in [-0.1, -0.05) is 0 Å². The van der Waals surface area contributed by atoms with Crippen molar-refractivity contribution in [2.45, 2.75) is 37.8 Å². The Hall–Kier alpha value is -1.11. The molecule has 0 spiro atoms. The van der Waals surface area contributed by atoms with Crippen LogP contribution in [0.4, 0.5) is 5.69 Å². The maximum atomic E-state index is 12.7. The summed E-state index contributed by atoms with van der Waals surface area (Å²) in [7, 11) is -3.49. The van der Waals surface area contributed by atoms with Gasteiger partial charge in [-0.25, -0.2) is 8.42 Å². The first-order chi connectivity index (χ1) is 8.82. The summed E-state index contributed by atoms with van der Waals surface area (Å²) in [6.45, 7) is 6.31. The molecule has 106 valence electrons. The molecule has 0 radical (unpaired) electrons. The number of anilines is 1. The van der Waals surface area contributed by atoms with E-state index in [1.54, 1.807) is 25.1 Å². The van der Waals surface area contributed by atoms with E-state index in [-0.39, 0.29) is 12.1 Å². The Morgan fingerprint density at radius 1 is 1.37 bits per heavy atom. The van der Waals surface area contributed by atoms with Crippen LogP contribution in [-0.2, 0) is 14.8 Å². The molecule has 1 aliphatic heterocycles. The van der Waals surface area contributed by atoms with E-state index in [9.17, 15) is 8.42 Å². The third-order valence-corrected chi connectivity index (χ3v) is 5.48. The van der Waals surface area contributed by atoms with Crippen molar-refractivity contribution in [2.75, 3.05) is 18.9 Å². The highest BCUT2D eigenvalue weighted by Crippen LogP contribution is 2.25. The van der Waals surface area contributed by atoms with E-state index in [0.717, 1.165) is 0 Å². The van der Waals surface area contributed by atoms with E-state index in [2.05, 4.69) is 0 Å². The first-order valence-electron chi connectivity index (χ1n) is 6.32. The highest BCUT2D eigenvalue weighted by atomic mass is 32.2. The molecular formula is C13H20N2O3S. The molecule has 2 unspecified atom stereocenters. The average molecular weight is 284 g/mol. The normalized spacial score (nSPS) is 25.4. The third kappa shape index (κ3) is 2.75. The van der Waals surface area contributed by atoms with Gasteiger partial charge >= 0.3 is 0 Å². The van der Waals surface area contributed by atoms with Gasteiger partial charge in [-0.2, -0.15) is 4.31 Å². The minimum absolute atomic E-state index is 0.0833. The van der Waals surface area contributed by atoms with E-state index in [1.807, 2.05) is 13.8 Å². The van der Waals surface area contributed by atoms with Gasteiger partial charge in [-0.05, 0) is 44.5 Å². The summed E-state index contributed by atoms with van der Waals surface area (Å²) >= 11 is 0. The molecule has 1 saturated heterocycles. The van der Waals surface area contributed by atoms with Crippen molar-refractivity contribution < 1.29 is 13.2 Å². The van der Waals surface area contributed by atoms with Crippen LogP contribution in [0.2, 0.25) is 0 Å². The fraction of sp³-hybridized carbons (Fsp3) is 0.538. The van der Waals surface area contributed by atoms with Crippen molar-refractivity contribution in [1.29, 1.82) is 0 Å². The van der Waals surface area contributed by atoms with Crippen LogP contribution in [0.15, 0.2) is 23.1 Å². The van der Waals surface area contributed by atoms with Crippen molar-refractivity contribution in [2.24, 2.45) is 0 Å². The summed E-state index contributed by atoms with van der Waals surface area (Å²) in [6.07, 6.45) is -0.0833. The average Bonchev–Trinajstić information content (AvgIpc) is 2.31. The second kappa shape index (κ2) is 5.11. The number of nitrogens with zero attached hydrogens (tertiary/aromatic N) is 1. The van der Waals surface area contributed by atoms with E-state index in [1.165, 1.54) is 4.31 Å². The largest absolute Gasteiger partial charge is 0.399 e. The molecule has 1 aromatic carbocycles.